The Morgan fingerprint density at radius 1 is 1.29 bits per heavy atom. The van der Waals surface area contributed by atoms with E-state index in [1.54, 1.807) is 0 Å². The van der Waals surface area contributed by atoms with Gasteiger partial charge in [0.05, 0.1) is 5.56 Å². The van der Waals surface area contributed by atoms with Crippen LogP contribution in [-0.4, -0.2) is 16.5 Å². The summed E-state index contributed by atoms with van der Waals surface area (Å²) in [6, 6.07) is 10.7. The summed E-state index contributed by atoms with van der Waals surface area (Å²) >= 11 is 0. The second-order valence-electron chi connectivity index (χ2n) is 5.78. The second-order valence-corrected chi connectivity index (χ2v) is 5.78. The highest BCUT2D eigenvalue weighted by atomic mass is 16.1. The van der Waals surface area contributed by atoms with Gasteiger partial charge < -0.3 is 9.88 Å². The quantitative estimate of drug-likeness (QED) is 0.922. The third kappa shape index (κ3) is 2.73. The van der Waals surface area contributed by atoms with Crippen molar-refractivity contribution in [3.8, 4) is 0 Å². The van der Waals surface area contributed by atoms with Gasteiger partial charge in [0, 0.05) is 24.5 Å². The SMILES string of the molecule is CCn1ccc(C(=O)NC2CCc3ccccc3C2)c1C. The number of amides is 1. The fraction of sp³-hybridized carbons (Fsp3) is 0.389. The van der Waals surface area contributed by atoms with Gasteiger partial charge in [-0.15, -0.1) is 0 Å². The van der Waals surface area contributed by atoms with Crippen LogP contribution in [0.2, 0.25) is 0 Å². The maximum absolute atomic E-state index is 12.5. The minimum atomic E-state index is 0.0593. The molecule has 1 heterocycles. The van der Waals surface area contributed by atoms with E-state index in [2.05, 4.69) is 41.1 Å². The smallest absolute Gasteiger partial charge is 0.253 e. The summed E-state index contributed by atoms with van der Waals surface area (Å²) in [5.74, 6) is 0.0593. The summed E-state index contributed by atoms with van der Waals surface area (Å²) in [5, 5.41) is 3.20. The summed E-state index contributed by atoms with van der Waals surface area (Å²) in [5.41, 5.74) is 4.65. The molecule has 110 valence electrons. The van der Waals surface area contributed by atoms with Gasteiger partial charge in [0.15, 0.2) is 0 Å². The molecule has 3 rings (SSSR count). The van der Waals surface area contributed by atoms with Gasteiger partial charge in [0.1, 0.15) is 0 Å². The Bertz CT molecular complexity index is 657. The molecule has 0 aliphatic heterocycles. The predicted octanol–water partition coefficient (Wildman–Crippen LogP) is 3.10. The van der Waals surface area contributed by atoms with Crippen LogP contribution < -0.4 is 5.32 Å². The molecular formula is C18H22N2O. The van der Waals surface area contributed by atoms with E-state index >= 15 is 0 Å². The molecule has 1 aliphatic carbocycles. The molecule has 0 bridgehead atoms. The van der Waals surface area contributed by atoms with E-state index in [0.717, 1.165) is 37.1 Å². The second kappa shape index (κ2) is 5.76. The number of rotatable bonds is 3. The van der Waals surface area contributed by atoms with Crippen LogP contribution in [0.5, 0.6) is 0 Å². The summed E-state index contributed by atoms with van der Waals surface area (Å²) in [6.07, 6.45) is 5.00. The van der Waals surface area contributed by atoms with Crippen LogP contribution in [0.3, 0.4) is 0 Å². The third-order valence-corrected chi connectivity index (χ3v) is 4.51. The first kappa shape index (κ1) is 13.9. The van der Waals surface area contributed by atoms with E-state index in [-0.39, 0.29) is 11.9 Å². The number of carbonyl (C=O) groups excluding carboxylic acids is 1. The maximum Gasteiger partial charge on any atom is 0.253 e. The van der Waals surface area contributed by atoms with Crippen LogP contribution in [0.25, 0.3) is 0 Å². The predicted molar refractivity (Wildman–Crippen MR) is 84.6 cm³/mol. The molecule has 1 aromatic heterocycles. The number of fused-ring (bicyclic) bond motifs is 1. The molecule has 2 aromatic rings. The monoisotopic (exact) mass is 282 g/mol. The van der Waals surface area contributed by atoms with E-state index in [9.17, 15) is 4.79 Å². The van der Waals surface area contributed by atoms with Gasteiger partial charge in [-0.3, -0.25) is 4.79 Å². The number of aryl methyl sites for hydroxylation is 2. The third-order valence-electron chi connectivity index (χ3n) is 4.51. The fourth-order valence-corrected chi connectivity index (χ4v) is 3.22. The summed E-state index contributed by atoms with van der Waals surface area (Å²) in [6.45, 7) is 5.00. The lowest BCUT2D eigenvalue weighted by Crippen LogP contribution is -2.39. The van der Waals surface area contributed by atoms with Crippen molar-refractivity contribution in [2.45, 2.75) is 45.7 Å². The van der Waals surface area contributed by atoms with Gasteiger partial charge in [-0.2, -0.15) is 0 Å². The molecule has 1 N–H and O–H groups in total. The number of aromatic nitrogens is 1. The number of benzene rings is 1. The van der Waals surface area contributed by atoms with Crippen molar-refractivity contribution in [3.05, 3.63) is 58.9 Å². The van der Waals surface area contributed by atoms with Crippen LogP contribution in [-0.2, 0) is 19.4 Å². The number of nitrogens with zero attached hydrogens (tertiary/aromatic N) is 1. The molecule has 1 aromatic carbocycles. The van der Waals surface area contributed by atoms with E-state index < -0.39 is 0 Å². The maximum atomic E-state index is 12.5. The van der Waals surface area contributed by atoms with Crippen LogP contribution >= 0.6 is 0 Å². The highest BCUT2D eigenvalue weighted by Gasteiger charge is 2.21. The van der Waals surface area contributed by atoms with E-state index in [1.807, 2.05) is 19.2 Å². The molecule has 3 heteroatoms. The molecule has 3 nitrogen and oxygen atoms in total. The number of hydrogen-bond acceptors (Lipinski definition) is 1. The Balaban J connectivity index is 1.70. The Labute approximate surface area is 126 Å². The molecule has 0 fully saturated rings. The standard InChI is InChI=1S/C18H22N2O/c1-3-20-11-10-17(13(20)2)18(21)19-16-9-8-14-6-4-5-7-15(14)12-16/h4-7,10-11,16H,3,8-9,12H2,1-2H3,(H,19,21). The number of carbonyl (C=O) groups is 1. The molecule has 1 aliphatic rings. The highest BCUT2D eigenvalue weighted by molar-refractivity contribution is 5.95. The van der Waals surface area contributed by atoms with Crippen molar-refractivity contribution in [1.29, 1.82) is 0 Å². The molecule has 1 amide bonds. The molecular weight excluding hydrogens is 260 g/mol. The Kier molecular flexibility index (Phi) is 3.82. The first-order valence-electron chi connectivity index (χ1n) is 7.72. The molecule has 21 heavy (non-hydrogen) atoms. The number of nitrogens with one attached hydrogen (secondary N) is 1. The summed E-state index contributed by atoms with van der Waals surface area (Å²) in [7, 11) is 0. The van der Waals surface area contributed by atoms with Crippen LogP contribution in [0, 0.1) is 6.92 Å². The Morgan fingerprint density at radius 3 is 2.76 bits per heavy atom. The summed E-state index contributed by atoms with van der Waals surface area (Å²) in [4.78, 5) is 12.5. The first-order chi connectivity index (χ1) is 10.2. The Morgan fingerprint density at radius 2 is 2.05 bits per heavy atom. The van der Waals surface area contributed by atoms with E-state index in [1.165, 1.54) is 11.1 Å². The van der Waals surface area contributed by atoms with Gasteiger partial charge in [-0.05, 0) is 50.3 Å². The van der Waals surface area contributed by atoms with Crippen molar-refractivity contribution in [3.63, 3.8) is 0 Å². The Hall–Kier alpha value is -2.03. The normalized spacial score (nSPS) is 17.3. The van der Waals surface area contributed by atoms with Crippen molar-refractivity contribution >= 4 is 5.91 Å². The minimum Gasteiger partial charge on any atom is -0.351 e. The fourth-order valence-electron chi connectivity index (χ4n) is 3.22. The van der Waals surface area contributed by atoms with Gasteiger partial charge in [0.25, 0.3) is 5.91 Å². The molecule has 0 saturated heterocycles. The zero-order valence-corrected chi connectivity index (χ0v) is 12.7. The van der Waals surface area contributed by atoms with Crippen LogP contribution in [0.4, 0.5) is 0 Å². The minimum absolute atomic E-state index is 0.0593. The molecule has 1 atom stereocenters. The van der Waals surface area contributed by atoms with E-state index in [0.29, 0.717) is 0 Å². The van der Waals surface area contributed by atoms with Crippen LogP contribution in [0.15, 0.2) is 36.5 Å². The number of hydrogen-bond donors (Lipinski definition) is 1. The van der Waals surface area contributed by atoms with Gasteiger partial charge in [0.2, 0.25) is 0 Å². The lowest BCUT2D eigenvalue weighted by molar-refractivity contribution is 0.0933. The zero-order valence-electron chi connectivity index (χ0n) is 12.7. The van der Waals surface area contributed by atoms with Gasteiger partial charge in [-0.1, -0.05) is 24.3 Å². The zero-order chi connectivity index (χ0) is 14.8. The van der Waals surface area contributed by atoms with Crippen LogP contribution in [0.1, 0.15) is 40.5 Å². The van der Waals surface area contributed by atoms with Crippen molar-refractivity contribution < 1.29 is 4.79 Å². The topological polar surface area (TPSA) is 34.0 Å². The van der Waals surface area contributed by atoms with Crippen molar-refractivity contribution in [1.82, 2.24) is 9.88 Å². The van der Waals surface area contributed by atoms with Crippen molar-refractivity contribution in [2.75, 3.05) is 0 Å². The largest absolute Gasteiger partial charge is 0.351 e. The molecule has 0 radical (unpaired) electrons. The molecule has 0 saturated carbocycles. The highest BCUT2D eigenvalue weighted by Crippen LogP contribution is 2.21. The lowest BCUT2D eigenvalue weighted by Gasteiger charge is -2.25. The van der Waals surface area contributed by atoms with Gasteiger partial charge >= 0.3 is 0 Å². The van der Waals surface area contributed by atoms with Crippen molar-refractivity contribution in [2.24, 2.45) is 0 Å². The summed E-state index contributed by atoms with van der Waals surface area (Å²) < 4.78 is 2.10. The van der Waals surface area contributed by atoms with E-state index in [4.69, 9.17) is 0 Å². The average molecular weight is 282 g/mol. The first-order valence-corrected chi connectivity index (χ1v) is 7.72. The molecule has 1 unspecified atom stereocenters. The molecule has 0 spiro atoms. The average Bonchev–Trinajstić information content (AvgIpc) is 2.88. The van der Waals surface area contributed by atoms with Gasteiger partial charge in [-0.25, -0.2) is 0 Å². The lowest BCUT2D eigenvalue weighted by atomic mass is 9.88.